The quantitative estimate of drug-likeness (QED) is 0.651. The molecule has 0 atom stereocenters. The predicted octanol–water partition coefficient (Wildman–Crippen LogP) is 5.94. The van der Waals surface area contributed by atoms with Crippen LogP contribution in [0.3, 0.4) is 0 Å². The molecule has 0 bridgehead atoms. The lowest BCUT2D eigenvalue weighted by atomic mass is 10.2. The Balaban J connectivity index is 1.83. The highest BCUT2D eigenvalue weighted by molar-refractivity contribution is 9.10. The lowest BCUT2D eigenvalue weighted by Crippen LogP contribution is -2.14. The normalized spacial score (nSPS) is 10.5. The standard InChI is InChI=1S/C16H14BrCl2NOS/c1-10-6-12(17)3-5-15(10)20-16(21)9-22-8-11-2-4-13(18)14(19)7-11/h2-7H,8-9H2,1H3,(H,20,21). The zero-order valence-corrected chi connectivity index (χ0v) is 15.7. The summed E-state index contributed by atoms with van der Waals surface area (Å²) >= 11 is 16.8. The Hall–Kier alpha value is -0.680. The first kappa shape index (κ1) is 17.7. The molecule has 0 unspecified atom stereocenters. The Morgan fingerprint density at radius 2 is 1.95 bits per heavy atom. The number of hydrogen-bond acceptors (Lipinski definition) is 2. The van der Waals surface area contributed by atoms with Gasteiger partial charge in [0.1, 0.15) is 0 Å². The van der Waals surface area contributed by atoms with Gasteiger partial charge in [-0.25, -0.2) is 0 Å². The van der Waals surface area contributed by atoms with Gasteiger partial charge in [0.25, 0.3) is 0 Å². The Kier molecular flexibility index (Phi) is 6.63. The van der Waals surface area contributed by atoms with Crippen LogP contribution in [0.5, 0.6) is 0 Å². The minimum Gasteiger partial charge on any atom is -0.325 e. The maximum atomic E-state index is 12.0. The molecule has 2 nitrogen and oxygen atoms in total. The van der Waals surface area contributed by atoms with Crippen molar-refractivity contribution in [1.29, 1.82) is 0 Å². The topological polar surface area (TPSA) is 29.1 Å². The summed E-state index contributed by atoms with van der Waals surface area (Å²) in [5.41, 5.74) is 2.91. The SMILES string of the molecule is Cc1cc(Br)ccc1NC(=O)CSCc1ccc(Cl)c(Cl)c1. The molecular formula is C16H14BrCl2NOS. The van der Waals surface area contributed by atoms with Crippen molar-refractivity contribution in [3.63, 3.8) is 0 Å². The molecule has 2 aromatic rings. The first-order valence-corrected chi connectivity index (χ1v) is 9.24. The van der Waals surface area contributed by atoms with Crippen LogP contribution in [0.2, 0.25) is 10.0 Å². The molecule has 6 heteroatoms. The number of hydrogen-bond donors (Lipinski definition) is 1. The summed E-state index contributed by atoms with van der Waals surface area (Å²) in [6, 6.07) is 11.3. The van der Waals surface area contributed by atoms with Crippen LogP contribution in [0.4, 0.5) is 5.69 Å². The molecule has 0 saturated heterocycles. The van der Waals surface area contributed by atoms with Crippen molar-refractivity contribution in [2.75, 3.05) is 11.1 Å². The number of carbonyl (C=O) groups excluding carboxylic acids is 1. The van der Waals surface area contributed by atoms with E-state index in [9.17, 15) is 4.79 Å². The van der Waals surface area contributed by atoms with Crippen LogP contribution < -0.4 is 5.32 Å². The average molecular weight is 419 g/mol. The van der Waals surface area contributed by atoms with Gasteiger partial charge in [-0.2, -0.15) is 0 Å². The second-order valence-corrected chi connectivity index (χ2v) is 7.46. The highest BCUT2D eigenvalue weighted by Crippen LogP contribution is 2.25. The average Bonchev–Trinajstić information content (AvgIpc) is 2.46. The molecular weight excluding hydrogens is 405 g/mol. The molecule has 0 spiro atoms. The zero-order chi connectivity index (χ0) is 16.1. The molecule has 0 aliphatic carbocycles. The number of aryl methyl sites for hydroxylation is 1. The Morgan fingerprint density at radius 3 is 2.64 bits per heavy atom. The van der Waals surface area contributed by atoms with Gasteiger partial charge in [0.05, 0.1) is 15.8 Å². The van der Waals surface area contributed by atoms with E-state index >= 15 is 0 Å². The highest BCUT2D eigenvalue weighted by Gasteiger charge is 2.06. The number of nitrogens with one attached hydrogen (secondary N) is 1. The lowest BCUT2D eigenvalue weighted by Gasteiger charge is -2.09. The van der Waals surface area contributed by atoms with Gasteiger partial charge >= 0.3 is 0 Å². The molecule has 0 heterocycles. The van der Waals surface area contributed by atoms with Gasteiger partial charge in [0.15, 0.2) is 0 Å². The monoisotopic (exact) mass is 417 g/mol. The fraction of sp³-hybridized carbons (Fsp3) is 0.188. The van der Waals surface area contributed by atoms with E-state index in [0.29, 0.717) is 21.6 Å². The van der Waals surface area contributed by atoms with Gasteiger partial charge in [-0.1, -0.05) is 45.2 Å². The summed E-state index contributed by atoms with van der Waals surface area (Å²) in [6.07, 6.45) is 0. The maximum absolute atomic E-state index is 12.0. The molecule has 0 aromatic heterocycles. The van der Waals surface area contributed by atoms with Crippen LogP contribution in [0.1, 0.15) is 11.1 Å². The van der Waals surface area contributed by atoms with Crippen molar-refractivity contribution in [3.05, 3.63) is 62.0 Å². The van der Waals surface area contributed by atoms with Crippen molar-refractivity contribution < 1.29 is 4.79 Å². The van der Waals surface area contributed by atoms with Gasteiger partial charge in [0.2, 0.25) is 5.91 Å². The van der Waals surface area contributed by atoms with Crippen molar-refractivity contribution in [3.8, 4) is 0 Å². The van der Waals surface area contributed by atoms with E-state index in [1.807, 2.05) is 37.3 Å². The van der Waals surface area contributed by atoms with Crippen LogP contribution in [0, 0.1) is 6.92 Å². The molecule has 0 saturated carbocycles. The van der Waals surface area contributed by atoms with Crippen molar-refractivity contribution in [2.45, 2.75) is 12.7 Å². The summed E-state index contributed by atoms with van der Waals surface area (Å²) in [5, 5.41) is 3.99. The number of halogens is 3. The summed E-state index contributed by atoms with van der Waals surface area (Å²) in [4.78, 5) is 12.0. The third kappa shape index (κ3) is 5.20. The summed E-state index contributed by atoms with van der Waals surface area (Å²) in [6.45, 7) is 1.96. The van der Waals surface area contributed by atoms with Gasteiger partial charge in [-0.15, -0.1) is 11.8 Å². The van der Waals surface area contributed by atoms with E-state index in [4.69, 9.17) is 23.2 Å². The smallest absolute Gasteiger partial charge is 0.234 e. The van der Waals surface area contributed by atoms with E-state index in [0.717, 1.165) is 21.3 Å². The number of amides is 1. The number of carbonyl (C=O) groups is 1. The third-order valence-corrected chi connectivity index (χ3v) is 5.18. The Morgan fingerprint density at radius 1 is 1.18 bits per heavy atom. The largest absolute Gasteiger partial charge is 0.325 e. The summed E-state index contributed by atoms with van der Waals surface area (Å²) in [7, 11) is 0. The van der Waals surface area contributed by atoms with Gasteiger partial charge < -0.3 is 5.32 Å². The summed E-state index contributed by atoms with van der Waals surface area (Å²) < 4.78 is 0.997. The number of thioether (sulfide) groups is 1. The van der Waals surface area contributed by atoms with E-state index < -0.39 is 0 Å². The minimum absolute atomic E-state index is 0.0181. The van der Waals surface area contributed by atoms with Crippen molar-refractivity contribution >= 4 is 62.5 Å². The van der Waals surface area contributed by atoms with Crippen LogP contribution in [0.25, 0.3) is 0 Å². The first-order valence-electron chi connectivity index (χ1n) is 6.53. The van der Waals surface area contributed by atoms with E-state index in [1.165, 1.54) is 11.8 Å². The second kappa shape index (κ2) is 8.25. The molecule has 0 aliphatic rings. The second-order valence-electron chi connectivity index (χ2n) is 4.75. The maximum Gasteiger partial charge on any atom is 0.234 e. The molecule has 2 rings (SSSR count). The van der Waals surface area contributed by atoms with Gasteiger partial charge in [-0.05, 0) is 48.4 Å². The molecule has 116 valence electrons. The molecule has 2 aromatic carbocycles. The van der Waals surface area contributed by atoms with Crippen LogP contribution in [-0.4, -0.2) is 11.7 Å². The predicted molar refractivity (Wildman–Crippen MR) is 100 cm³/mol. The van der Waals surface area contributed by atoms with Gasteiger partial charge in [0, 0.05) is 15.9 Å². The lowest BCUT2D eigenvalue weighted by molar-refractivity contribution is -0.113. The van der Waals surface area contributed by atoms with Crippen LogP contribution in [0.15, 0.2) is 40.9 Å². The van der Waals surface area contributed by atoms with E-state index in [-0.39, 0.29) is 5.91 Å². The van der Waals surface area contributed by atoms with Crippen molar-refractivity contribution in [2.24, 2.45) is 0 Å². The molecule has 0 radical (unpaired) electrons. The van der Waals surface area contributed by atoms with E-state index in [2.05, 4.69) is 21.2 Å². The molecule has 1 N–H and O–H groups in total. The summed E-state index contributed by atoms with van der Waals surface area (Å²) in [5.74, 6) is 1.08. The Bertz CT molecular complexity index is 694. The van der Waals surface area contributed by atoms with Crippen molar-refractivity contribution in [1.82, 2.24) is 0 Å². The van der Waals surface area contributed by atoms with Crippen LogP contribution >= 0.6 is 50.9 Å². The first-order chi connectivity index (χ1) is 10.5. The van der Waals surface area contributed by atoms with Crippen LogP contribution in [-0.2, 0) is 10.5 Å². The molecule has 22 heavy (non-hydrogen) atoms. The number of anilines is 1. The third-order valence-electron chi connectivity index (χ3n) is 2.95. The minimum atomic E-state index is -0.0181. The highest BCUT2D eigenvalue weighted by atomic mass is 79.9. The molecule has 0 fully saturated rings. The Labute approximate surface area is 152 Å². The number of benzene rings is 2. The van der Waals surface area contributed by atoms with E-state index in [1.54, 1.807) is 6.07 Å². The fourth-order valence-corrected chi connectivity index (χ4v) is 3.42. The zero-order valence-electron chi connectivity index (χ0n) is 11.8. The molecule has 1 amide bonds. The fourth-order valence-electron chi connectivity index (χ4n) is 1.84. The number of rotatable bonds is 5. The molecule has 0 aliphatic heterocycles. The van der Waals surface area contributed by atoms with Gasteiger partial charge in [-0.3, -0.25) is 4.79 Å².